The van der Waals surface area contributed by atoms with Gasteiger partial charge in [0.25, 0.3) is 0 Å². The van der Waals surface area contributed by atoms with Crippen molar-refractivity contribution in [3.63, 3.8) is 0 Å². The van der Waals surface area contributed by atoms with Crippen LogP contribution in [0.4, 0.5) is 0 Å². The molecule has 7 atom stereocenters. The van der Waals surface area contributed by atoms with Crippen LogP contribution in [0.15, 0.2) is 0 Å². The van der Waals surface area contributed by atoms with Crippen molar-refractivity contribution in [3.8, 4) is 0 Å². The van der Waals surface area contributed by atoms with Crippen molar-refractivity contribution in [1.82, 2.24) is 10.6 Å². The summed E-state index contributed by atoms with van der Waals surface area (Å²) < 4.78 is 0. The molecule has 0 spiro atoms. The van der Waals surface area contributed by atoms with E-state index in [1.54, 1.807) is 13.8 Å². The number of piperidine rings is 1. The molecule has 0 aromatic rings. The first-order chi connectivity index (χ1) is 13.5. The Morgan fingerprint density at radius 1 is 1.03 bits per heavy atom. The molecule has 0 radical (unpaired) electrons. The van der Waals surface area contributed by atoms with E-state index >= 15 is 0 Å². The second-order valence-corrected chi connectivity index (χ2v) is 11.2. The highest BCUT2D eigenvalue weighted by Gasteiger charge is 2.61. The van der Waals surface area contributed by atoms with Gasteiger partial charge >= 0.3 is 5.97 Å². The molecule has 1 saturated heterocycles. The maximum atomic E-state index is 13.1. The molecule has 2 amide bonds. The van der Waals surface area contributed by atoms with Gasteiger partial charge in [0.05, 0.1) is 0 Å². The Balaban J connectivity index is 1.54. The van der Waals surface area contributed by atoms with Gasteiger partial charge in [0.2, 0.25) is 11.8 Å². The Labute approximate surface area is 173 Å². The smallest absolute Gasteiger partial charge is 0.328 e. The van der Waals surface area contributed by atoms with Gasteiger partial charge in [0, 0.05) is 18.4 Å². The maximum absolute atomic E-state index is 13.1. The van der Waals surface area contributed by atoms with E-state index in [1.165, 1.54) is 0 Å². The summed E-state index contributed by atoms with van der Waals surface area (Å²) >= 11 is 0. The SMILES string of the molecule is CC(C)(NC(=O)[C@H]1CC[C@H]2[C@@H]3CCC4NC(=O)CC[C@]4(C)[C@H]3CC[C@]12C)C(=O)O. The number of aliphatic carboxylic acids is 1. The highest BCUT2D eigenvalue weighted by Crippen LogP contribution is 2.65. The van der Waals surface area contributed by atoms with Gasteiger partial charge < -0.3 is 15.7 Å². The predicted octanol–water partition coefficient (Wildman–Crippen LogP) is 3.10. The van der Waals surface area contributed by atoms with Crippen LogP contribution in [0.2, 0.25) is 0 Å². The molecular weight excluding hydrogens is 368 g/mol. The Bertz CT molecular complexity index is 734. The fourth-order valence-corrected chi connectivity index (χ4v) is 7.58. The van der Waals surface area contributed by atoms with Gasteiger partial charge in [-0.15, -0.1) is 0 Å². The average molecular weight is 405 g/mol. The van der Waals surface area contributed by atoms with Crippen LogP contribution in [0.3, 0.4) is 0 Å². The fourth-order valence-electron chi connectivity index (χ4n) is 7.58. The van der Waals surface area contributed by atoms with Crippen LogP contribution < -0.4 is 10.6 Å². The van der Waals surface area contributed by atoms with Crippen LogP contribution in [-0.4, -0.2) is 34.5 Å². The first-order valence-corrected chi connectivity index (χ1v) is 11.3. The van der Waals surface area contributed by atoms with E-state index in [2.05, 4.69) is 24.5 Å². The summed E-state index contributed by atoms with van der Waals surface area (Å²) in [5.74, 6) is 0.729. The number of carbonyl (C=O) groups excluding carboxylic acids is 2. The largest absolute Gasteiger partial charge is 0.480 e. The molecule has 1 unspecified atom stereocenters. The first-order valence-electron chi connectivity index (χ1n) is 11.3. The third kappa shape index (κ3) is 3.09. The van der Waals surface area contributed by atoms with Crippen LogP contribution in [0.25, 0.3) is 0 Å². The zero-order valence-corrected chi connectivity index (χ0v) is 18.2. The summed E-state index contributed by atoms with van der Waals surface area (Å²) in [6, 6.07) is 0.297. The molecule has 29 heavy (non-hydrogen) atoms. The standard InChI is InChI=1S/C23H36N2O4/c1-21(2,20(28)29)25-19(27)16-7-6-14-13-5-8-17-23(4,12-10-18(26)24-17)15(13)9-11-22(14,16)3/h13-17H,5-12H2,1-4H3,(H,24,26)(H,25,27)(H,28,29)/t13-,14-,15-,16+,17?,22-,23+/m0/s1. The second-order valence-electron chi connectivity index (χ2n) is 11.2. The molecule has 0 aromatic carbocycles. The maximum Gasteiger partial charge on any atom is 0.328 e. The van der Waals surface area contributed by atoms with E-state index in [9.17, 15) is 19.5 Å². The van der Waals surface area contributed by atoms with Crippen molar-refractivity contribution in [2.75, 3.05) is 0 Å². The zero-order chi connectivity index (χ0) is 21.2. The van der Waals surface area contributed by atoms with Crippen molar-refractivity contribution in [3.05, 3.63) is 0 Å². The molecule has 3 N–H and O–H groups in total. The second kappa shape index (κ2) is 6.71. The van der Waals surface area contributed by atoms with Crippen molar-refractivity contribution in [2.45, 2.75) is 90.6 Å². The third-order valence-corrected chi connectivity index (χ3v) is 9.38. The van der Waals surface area contributed by atoms with Gasteiger partial charge in [-0.1, -0.05) is 13.8 Å². The molecule has 4 rings (SSSR count). The highest BCUT2D eigenvalue weighted by molar-refractivity contribution is 5.88. The van der Waals surface area contributed by atoms with Gasteiger partial charge in [-0.25, -0.2) is 4.79 Å². The molecule has 1 aliphatic heterocycles. The van der Waals surface area contributed by atoms with Crippen LogP contribution in [0.1, 0.15) is 79.1 Å². The van der Waals surface area contributed by atoms with E-state index in [-0.39, 0.29) is 28.6 Å². The van der Waals surface area contributed by atoms with Crippen molar-refractivity contribution < 1.29 is 19.5 Å². The van der Waals surface area contributed by atoms with Gasteiger partial charge in [-0.2, -0.15) is 0 Å². The Morgan fingerprint density at radius 3 is 2.41 bits per heavy atom. The first kappa shape index (κ1) is 20.7. The molecule has 4 fully saturated rings. The van der Waals surface area contributed by atoms with E-state index in [0.29, 0.717) is 30.2 Å². The number of fused-ring (bicyclic) bond motifs is 5. The van der Waals surface area contributed by atoms with Gasteiger partial charge in [-0.05, 0) is 87.4 Å². The predicted molar refractivity (Wildman–Crippen MR) is 109 cm³/mol. The third-order valence-electron chi connectivity index (χ3n) is 9.38. The molecule has 6 nitrogen and oxygen atoms in total. The number of amides is 2. The summed E-state index contributed by atoms with van der Waals surface area (Å²) in [4.78, 5) is 36.5. The number of hydrogen-bond acceptors (Lipinski definition) is 3. The zero-order valence-electron chi connectivity index (χ0n) is 18.2. The Hall–Kier alpha value is -1.59. The highest BCUT2D eigenvalue weighted by atomic mass is 16.4. The average Bonchev–Trinajstić information content (AvgIpc) is 2.99. The number of hydrogen-bond donors (Lipinski definition) is 3. The van der Waals surface area contributed by atoms with Gasteiger partial charge in [0.1, 0.15) is 5.54 Å². The van der Waals surface area contributed by atoms with Crippen LogP contribution >= 0.6 is 0 Å². The Morgan fingerprint density at radius 2 is 1.72 bits per heavy atom. The minimum absolute atomic E-state index is 0.0546. The summed E-state index contributed by atoms with van der Waals surface area (Å²) in [5, 5.41) is 15.5. The monoisotopic (exact) mass is 404 g/mol. The summed E-state index contributed by atoms with van der Waals surface area (Å²) in [6.07, 6.45) is 7.80. The number of carboxylic acids is 1. The normalized spacial score (nSPS) is 44.1. The van der Waals surface area contributed by atoms with E-state index < -0.39 is 11.5 Å². The topological polar surface area (TPSA) is 95.5 Å². The summed E-state index contributed by atoms with van der Waals surface area (Å²) in [6.45, 7) is 7.76. The lowest BCUT2D eigenvalue weighted by atomic mass is 9.47. The quantitative estimate of drug-likeness (QED) is 0.673. The lowest BCUT2D eigenvalue weighted by molar-refractivity contribution is -0.149. The molecule has 3 aliphatic carbocycles. The summed E-state index contributed by atoms with van der Waals surface area (Å²) in [7, 11) is 0. The molecule has 6 heteroatoms. The molecule has 162 valence electrons. The van der Waals surface area contributed by atoms with Crippen molar-refractivity contribution >= 4 is 17.8 Å². The minimum atomic E-state index is -1.24. The van der Waals surface area contributed by atoms with Crippen molar-refractivity contribution in [1.29, 1.82) is 0 Å². The van der Waals surface area contributed by atoms with Gasteiger partial charge in [-0.3, -0.25) is 9.59 Å². The number of carboxylic acid groups (broad SMARTS) is 1. The number of carbonyl (C=O) groups is 3. The van der Waals surface area contributed by atoms with E-state index in [4.69, 9.17) is 0 Å². The molecule has 0 bridgehead atoms. The number of rotatable bonds is 3. The van der Waals surface area contributed by atoms with Crippen LogP contribution in [0.5, 0.6) is 0 Å². The molecule has 4 aliphatic rings. The molecule has 0 aromatic heterocycles. The fraction of sp³-hybridized carbons (Fsp3) is 0.870. The number of nitrogens with one attached hydrogen (secondary N) is 2. The minimum Gasteiger partial charge on any atom is -0.480 e. The molecular formula is C23H36N2O4. The Kier molecular flexibility index (Phi) is 4.78. The van der Waals surface area contributed by atoms with E-state index in [0.717, 1.165) is 44.9 Å². The summed E-state index contributed by atoms with van der Waals surface area (Å²) in [5.41, 5.74) is -1.13. The van der Waals surface area contributed by atoms with Crippen LogP contribution in [-0.2, 0) is 14.4 Å². The van der Waals surface area contributed by atoms with Gasteiger partial charge in [0.15, 0.2) is 0 Å². The lowest BCUT2D eigenvalue weighted by Gasteiger charge is -2.60. The molecule has 3 saturated carbocycles. The van der Waals surface area contributed by atoms with E-state index in [1.807, 2.05) is 0 Å². The molecule has 1 heterocycles. The van der Waals surface area contributed by atoms with Crippen molar-refractivity contribution in [2.24, 2.45) is 34.5 Å². The lowest BCUT2D eigenvalue weighted by Crippen LogP contribution is -2.61. The van der Waals surface area contributed by atoms with Crippen LogP contribution in [0, 0.1) is 34.5 Å².